The van der Waals surface area contributed by atoms with Crippen LogP contribution in [0.15, 0.2) is 34.4 Å². The lowest BCUT2D eigenvalue weighted by atomic mass is 10.2. The number of aromatic nitrogens is 2. The van der Waals surface area contributed by atoms with Gasteiger partial charge in [-0.25, -0.2) is 4.79 Å². The predicted octanol–water partition coefficient (Wildman–Crippen LogP) is 3.20. The highest BCUT2D eigenvalue weighted by atomic mass is 35.5. The zero-order valence-corrected chi connectivity index (χ0v) is 17.5. The van der Waals surface area contributed by atoms with Gasteiger partial charge in [-0.15, -0.1) is 22.9 Å². The van der Waals surface area contributed by atoms with Crippen LogP contribution >= 0.6 is 22.9 Å². The third-order valence-corrected chi connectivity index (χ3v) is 5.13. The molecule has 0 aliphatic heterocycles. The van der Waals surface area contributed by atoms with E-state index in [0.29, 0.717) is 16.8 Å². The maximum Gasteiger partial charge on any atom is 0.359 e. The second-order valence-electron chi connectivity index (χ2n) is 5.94. The molecule has 3 aromatic rings. The van der Waals surface area contributed by atoms with Crippen molar-refractivity contribution in [1.82, 2.24) is 9.78 Å². The molecule has 0 saturated carbocycles. The molecule has 1 atom stereocenters. The van der Waals surface area contributed by atoms with Gasteiger partial charge in [-0.3, -0.25) is 9.59 Å². The number of fused-ring (bicyclic) bond motifs is 1. The van der Waals surface area contributed by atoms with Crippen molar-refractivity contribution in [3.63, 3.8) is 0 Å². The molecule has 1 aromatic carbocycles. The molecule has 0 fully saturated rings. The third-order valence-electron chi connectivity index (χ3n) is 4.04. The van der Waals surface area contributed by atoms with Crippen molar-refractivity contribution in [2.45, 2.75) is 19.2 Å². The van der Waals surface area contributed by atoms with Gasteiger partial charge in [0.2, 0.25) is 5.91 Å². The minimum Gasteiger partial charge on any atom is -0.497 e. The molecule has 10 heteroatoms. The van der Waals surface area contributed by atoms with Gasteiger partial charge < -0.3 is 14.8 Å². The second-order valence-corrected chi connectivity index (χ2v) is 7.48. The molecule has 0 saturated heterocycles. The van der Waals surface area contributed by atoms with Crippen LogP contribution in [-0.2, 0) is 9.53 Å². The van der Waals surface area contributed by atoms with Crippen LogP contribution in [0, 0.1) is 0 Å². The minimum atomic E-state index is -0.790. The highest BCUT2D eigenvalue weighted by Gasteiger charge is 2.23. The van der Waals surface area contributed by atoms with Crippen molar-refractivity contribution in [1.29, 1.82) is 0 Å². The van der Waals surface area contributed by atoms with E-state index in [2.05, 4.69) is 10.4 Å². The molecule has 0 radical (unpaired) electrons. The second kappa shape index (κ2) is 8.62. The van der Waals surface area contributed by atoms with E-state index in [-0.39, 0.29) is 22.7 Å². The number of carbonyl (C=O) groups excluding carboxylic acids is 2. The molecular formula is C19H18ClN3O5S. The number of ether oxygens (including phenoxy) is 2. The fraction of sp³-hybridized carbons (Fsp3) is 0.263. The van der Waals surface area contributed by atoms with Crippen molar-refractivity contribution < 1.29 is 19.1 Å². The Morgan fingerprint density at radius 3 is 2.59 bits per heavy atom. The summed E-state index contributed by atoms with van der Waals surface area (Å²) < 4.78 is 11.3. The Morgan fingerprint density at radius 1 is 1.31 bits per heavy atom. The van der Waals surface area contributed by atoms with Crippen LogP contribution in [0.1, 0.15) is 24.3 Å². The van der Waals surface area contributed by atoms with E-state index >= 15 is 0 Å². The first-order chi connectivity index (χ1) is 13.9. The van der Waals surface area contributed by atoms with Crippen molar-refractivity contribution >= 4 is 50.6 Å². The fourth-order valence-electron chi connectivity index (χ4n) is 2.60. The van der Waals surface area contributed by atoms with E-state index in [1.54, 1.807) is 36.6 Å². The summed E-state index contributed by atoms with van der Waals surface area (Å²) in [4.78, 5) is 37.7. The number of benzene rings is 1. The number of hydrogen-bond acceptors (Lipinski definition) is 7. The van der Waals surface area contributed by atoms with Crippen LogP contribution < -0.4 is 15.6 Å². The van der Waals surface area contributed by atoms with Crippen LogP contribution in [0.5, 0.6) is 5.75 Å². The van der Waals surface area contributed by atoms with E-state index in [0.717, 1.165) is 16.0 Å². The average molecular weight is 436 g/mol. The maximum absolute atomic E-state index is 13.2. The quantitative estimate of drug-likeness (QED) is 0.471. The Labute approximate surface area is 175 Å². The van der Waals surface area contributed by atoms with Gasteiger partial charge in [0.15, 0.2) is 5.69 Å². The molecule has 0 spiro atoms. The normalized spacial score (nSPS) is 11.9. The first-order valence-corrected chi connectivity index (χ1v) is 10.00. The van der Waals surface area contributed by atoms with Crippen LogP contribution in [-0.4, -0.2) is 40.8 Å². The number of amides is 1. The summed E-state index contributed by atoms with van der Waals surface area (Å²) in [5.74, 6) is -0.519. The van der Waals surface area contributed by atoms with E-state index < -0.39 is 22.8 Å². The molecule has 152 valence electrons. The lowest BCUT2D eigenvalue weighted by Gasteiger charge is -2.10. The first-order valence-electron chi connectivity index (χ1n) is 8.68. The van der Waals surface area contributed by atoms with Gasteiger partial charge in [0.1, 0.15) is 16.1 Å². The SMILES string of the molecule is CCOC(=O)c1nn(-c2ccc(OC)cc2)c(=O)c2c(NC(=O)[C@@H](C)Cl)scc12. The van der Waals surface area contributed by atoms with E-state index in [1.807, 2.05) is 0 Å². The van der Waals surface area contributed by atoms with Crippen LogP contribution in [0.2, 0.25) is 0 Å². The van der Waals surface area contributed by atoms with Crippen LogP contribution in [0.4, 0.5) is 5.00 Å². The summed E-state index contributed by atoms with van der Waals surface area (Å²) in [6.45, 7) is 3.35. The molecular weight excluding hydrogens is 418 g/mol. The summed E-state index contributed by atoms with van der Waals surface area (Å²) in [5.41, 5.74) is -0.0811. The number of thiophene rings is 1. The van der Waals surface area contributed by atoms with Crippen molar-refractivity contribution in [3.05, 3.63) is 45.7 Å². The summed E-state index contributed by atoms with van der Waals surface area (Å²) in [5, 5.41) is 8.42. The predicted molar refractivity (Wildman–Crippen MR) is 112 cm³/mol. The first kappa shape index (κ1) is 20.8. The number of carbonyl (C=O) groups is 2. The average Bonchev–Trinajstić information content (AvgIpc) is 3.12. The number of anilines is 1. The van der Waals surface area contributed by atoms with Crippen LogP contribution in [0.25, 0.3) is 16.5 Å². The van der Waals surface area contributed by atoms with Gasteiger partial charge >= 0.3 is 5.97 Å². The number of esters is 1. The van der Waals surface area contributed by atoms with Gasteiger partial charge in [-0.1, -0.05) is 0 Å². The highest BCUT2D eigenvalue weighted by molar-refractivity contribution is 7.16. The Hall–Kier alpha value is -2.91. The molecule has 29 heavy (non-hydrogen) atoms. The van der Waals surface area contributed by atoms with Gasteiger partial charge in [0.25, 0.3) is 5.56 Å². The lowest BCUT2D eigenvalue weighted by Crippen LogP contribution is -2.26. The van der Waals surface area contributed by atoms with E-state index in [4.69, 9.17) is 21.1 Å². The number of rotatable bonds is 6. The Balaban J connectivity index is 2.25. The van der Waals surface area contributed by atoms with Crippen molar-refractivity contribution in [2.24, 2.45) is 0 Å². The maximum atomic E-state index is 13.2. The smallest absolute Gasteiger partial charge is 0.359 e. The number of nitrogens with one attached hydrogen (secondary N) is 1. The molecule has 3 rings (SSSR count). The molecule has 0 unspecified atom stereocenters. The highest BCUT2D eigenvalue weighted by Crippen LogP contribution is 2.31. The number of methoxy groups -OCH3 is 1. The van der Waals surface area contributed by atoms with Gasteiger partial charge in [-0.05, 0) is 38.1 Å². The number of halogens is 1. The molecule has 8 nitrogen and oxygen atoms in total. The molecule has 0 bridgehead atoms. The van der Waals surface area contributed by atoms with Crippen molar-refractivity contribution in [2.75, 3.05) is 19.0 Å². The molecule has 0 aliphatic carbocycles. The number of hydrogen-bond donors (Lipinski definition) is 1. The number of nitrogens with zero attached hydrogens (tertiary/aromatic N) is 2. The summed E-state index contributed by atoms with van der Waals surface area (Å²) in [7, 11) is 1.53. The number of alkyl halides is 1. The lowest BCUT2D eigenvalue weighted by molar-refractivity contribution is -0.115. The summed E-state index contributed by atoms with van der Waals surface area (Å²) in [6.07, 6.45) is 0. The molecule has 1 N–H and O–H groups in total. The van der Waals surface area contributed by atoms with Gasteiger partial charge in [0, 0.05) is 10.8 Å². The molecule has 2 aromatic heterocycles. The molecule has 0 aliphatic rings. The monoisotopic (exact) mass is 435 g/mol. The summed E-state index contributed by atoms with van der Waals surface area (Å²) >= 11 is 6.94. The van der Waals surface area contributed by atoms with Crippen LogP contribution in [0.3, 0.4) is 0 Å². The third kappa shape index (κ3) is 4.10. The zero-order chi connectivity index (χ0) is 21.1. The Morgan fingerprint density at radius 2 is 2.00 bits per heavy atom. The van der Waals surface area contributed by atoms with Gasteiger partial charge in [-0.2, -0.15) is 9.78 Å². The molecule has 2 heterocycles. The Bertz CT molecular complexity index is 1120. The standard InChI is InChI=1S/C19H18ClN3O5S/c1-4-28-19(26)15-13-9-29-17(21-16(24)10(2)20)14(13)18(25)23(22-15)11-5-7-12(27-3)8-6-11/h5-10H,4H2,1-3H3,(H,21,24)/t10-/m1/s1. The zero-order valence-electron chi connectivity index (χ0n) is 15.9. The van der Waals surface area contributed by atoms with Crippen molar-refractivity contribution in [3.8, 4) is 11.4 Å². The summed E-state index contributed by atoms with van der Waals surface area (Å²) in [6, 6.07) is 6.62. The minimum absolute atomic E-state index is 0.0204. The molecule has 1 amide bonds. The van der Waals surface area contributed by atoms with E-state index in [9.17, 15) is 14.4 Å². The largest absolute Gasteiger partial charge is 0.497 e. The topological polar surface area (TPSA) is 99.5 Å². The fourth-order valence-corrected chi connectivity index (χ4v) is 3.60. The van der Waals surface area contributed by atoms with Gasteiger partial charge in [0.05, 0.1) is 24.8 Å². The van der Waals surface area contributed by atoms with E-state index in [1.165, 1.54) is 14.0 Å². The Kier molecular flexibility index (Phi) is 6.19.